The van der Waals surface area contributed by atoms with Gasteiger partial charge in [0, 0.05) is 24.3 Å². The van der Waals surface area contributed by atoms with Crippen molar-refractivity contribution in [2.45, 2.75) is 32.0 Å². The van der Waals surface area contributed by atoms with Crippen LogP contribution in [0.4, 0.5) is 5.69 Å². The van der Waals surface area contributed by atoms with Gasteiger partial charge in [0.25, 0.3) is 0 Å². The molecule has 0 bridgehead atoms. The summed E-state index contributed by atoms with van der Waals surface area (Å²) >= 11 is 0. The molecule has 2 aromatic rings. The highest BCUT2D eigenvalue weighted by Crippen LogP contribution is 2.28. The van der Waals surface area contributed by atoms with E-state index in [0.29, 0.717) is 12.1 Å². The maximum absolute atomic E-state index is 12.5. The molecule has 0 spiro atoms. The average Bonchev–Trinajstić information content (AvgIpc) is 3.36. The number of hydrogen-bond donors (Lipinski definition) is 3. The Labute approximate surface area is 143 Å². The van der Waals surface area contributed by atoms with Crippen LogP contribution < -0.4 is 16.0 Å². The van der Waals surface area contributed by atoms with Crippen LogP contribution >= 0.6 is 0 Å². The van der Waals surface area contributed by atoms with Crippen molar-refractivity contribution in [2.24, 2.45) is 5.92 Å². The van der Waals surface area contributed by atoms with E-state index >= 15 is 0 Å². The third-order valence-corrected chi connectivity index (χ3v) is 4.39. The number of hydrogen-bond acceptors (Lipinski definition) is 3. The van der Waals surface area contributed by atoms with Gasteiger partial charge in [-0.05, 0) is 23.6 Å². The topological polar surface area (TPSA) is 63.1 Å². The molecular formula is C20H25N3O. The van der Waals surface area contributed by atoms with Gasteiger partial charge in [-0.2, -0.15) is 0 Å². The second-order valence-corrected chi connectivity index (χ2v) is 6.65. The van der Waals surface area contributed by atoms with Crippen LogP contribution in [0.3, 0.4) is 0 Å². The highest BCUT2D eigenvalue weighted by molar-refractivity contribution is 5.95. The fourth-order valence-electron chi connectivity index (χ4n) is 2.97. The van der Waals surface area contributed by atoms with E-state index in [1.807, 2.05) is 36.4 Å². The number of carbonyl (C=O) groups excluding carboxylic acids is 1. The molecule has 0 saturated carbocycles. The first-order valence-corrected chi connectivity index (χ1v) is 8.55. The van der Waals surface area contributed by atoms with Crippen molar-refractivity contribution in [1.29, 1.82) is 0 Å². The number of benzene rings is 2. The van der Waals surface area contributed by atoms with Gasteiger partial charge >= 0.3 is 0 Å². The number of carbonyl (C=O) groups is 1. The molecule has 126 valence electrons. The Balaban J connectivity index is 1.53. The molecule has 2 aromatic carbocycles. The van der Waals surface area contributed by atoms with Crippen LogP contribution in [0.15, 0.2) is 60.7 Å². The zero-order chi connectivity index (χ0) is 16.9. The number of rotatable bonds is 7. The lowest BCUT2D eigenvalue weighted by atomic mass is 10.0. The van der Waals surface area contributed by atoms with E-state index < -0.39 is 0 Å². The Morgan fingerprint density at radius 2 is 1.67 bits per heavy atom. The summed E-state index contributed by atoms with van der Waals surface area (Å²) in [5.41, 5.74) is 2.14. The quantitative estimate of drug-likeness (QED) is 0.687. The van der Waals surface area contributed by atoms with Crippen LogP contribution in [-0.4, -0.2) is 24.5 Å². The summed E-state index contributed by atoms with van der Waals surface area (Å²) in [6.07, 6.45) is 0. The molecule has 2 unspecified atom stereocenters. The molecule has 0 aromatic heterocycles. The van der Waals surface area contributed by atoms with Gasteiger partial charge in [-0.3, -0.25) is 4.79 Å². The SMILES string of the molecule is CC(C)[C@H](NCC1NC1c1ccccc1)C(=O)Nc1ccccc1. The molecule has 1 fully saturated rings. The Kier molecular flexibility index (Phi) is 5.28. The lowest BCUT2D eigenvalue weighted by Crippen LogP contribution is -2.46. The van der Waals surface area contributed by atoms with Gasteiger partial charge in [-0.1, -0.05) is 62.4 Å². The van der Waals surface area contributed by atoms with E-state index in [4.69, 9.17) is 0 Å². The first kappa shape index (κ1) is 16.7. The van der Waals surface area contributed by atoms with Crippen LogP contribution in [0.25, 0.3) is 0 Å². The van der Waals surface area contributed by atoms with Gasteiger partial charge < -0.3 is 16.0 Å². The van der Waals surface area contributed by atoms with Crippen molar-refractivity contribution in [2.75, 3.05) is 11.9 Å². The molecule has 1 aliphatic heterocycles. The summed E-state index contributed by atoms with van der Waals surface area (Å²) in [5, 5.41) is 9.89. The van der Waals surface area contributed by atoms with Crippen LogP contribution in [-0.2, 0) is 4.79 Å². The molecule has 1 amide bonds. The number of amides is 1. The Bertz CT molecular complexity index is 657. The van der Waals surface area contributed by atoms with E-state index in [2.05, 4.69) is 54.1 Å². The predicted molar refractivity (Wildman–Crippen MR) is 97.8 cm³/mol. The van der Waals surface area contributed by atoms with E-state index in [0.717, 1.165) is 12.2 Å². The lowest BCUT2D eigenvalue weighted by molar-refractivity contribution is -0.119. The minimum Gasteiger partial charge on any atom is -0.325 e. The summed E-state index contributed by atoms with van der Waals surface area (Å²) in [6, 6.07) is 20.6. The van der Waals surface area contributed by atoms with E-state index in [9.17, 15) is 4.79 Å². The molecule has 4 heteroatoms. The lowest BCUT2D eigenvalue weighted by Gasteiger charge is -2.21. The predicted octanol–water partition coefficient (Wildman–Crippen LogP) is 2.95. The highest BCUT2D eigenvalue weighted by atomic mass is 16.2. The van der Waals surface area contributed by atoms with E-state index in [-0.39, 0.29) is 17.9 Å². The van der Waals surface area contributed by atoms with Crippen LogP contribution in [0, 0.1) is 5.92 Å². The third kappa shape index (κ3) is 4.22. The standard InChI is InChI=1S/C20H25N3O/c1-14(2)18(20(24)22-16-11-7-4-8-12-16)21-13-17-19(23-17)15-9-5-3-6-10-15/h3-12,14,17-19,21,23H,13H2,1-2H3,(H,22,24)/t17?,18-,19?/m0/s1. The zero-order valence-corrected chi connectivity index (χ0v) is 14.2. The second kappa shape index (κ2) is 7.60. The minimum absolute atomic E-state index is 0.0214. The van der Waals surface area contributed by atoms with Crippen molar-refractivity contribution in [3.05, 3.63) is 66.2 Å². The first-order valence-electron chi connectivity index (χ1n) is 8.55. The summed E-state index contributed by atoms with van der Waals surface area (Å²) in [7, 11) is 0. The summed E-state index contributed by atoms with van der Waals surface area (Å²) in [5.74, 6) is 0.246. The van der Waals surface area contributed by atoms with E-state index in [1.165, 1.54) is 5.56 Å². The molecule has 3 rings (SSSR count). The van der Waals surface area contributed by atoms with Crippen molar-refractivity contribution in [3.8, 4) is 0 Å². The van der Waals surface area contributed by atoms with Gasteiger partial charge in [-0.25, -0.2) is 0 Å². The zero-order valence-electron chi connectivity index (χ0n) is 14.2. The third-order valence-electron chi connectivity index (χ3n) is 4.39. The van der Waals surface area contributed by atoms with Crippen LogP contribution in [0.1, 0.15) is 25.5 Å². The summed E-state index contributed by atoms with van der Waals surface area (Å²) < 4.78 is 0. The Morgan fingerprint density at radius 3 is 2.29 bits per heavy atom. The molecule has 3 N–H and O–H groups in total. The van der Waals surface area contributed by atoms with Gasteiger partial charge in [-0.15, -0.1) is 0 Å². The molecule has 0 aliphatic carbocycles. The van der Waals surface area contributed by atoms with Crippen LogP contribution in [0.2, 0.25) is 0 Å². The molecule has 4 nitrogen and oxygen atoms in total. The molecule has 1 aliphatic rings. The van der Waals surface area contributed by atoms with Crippen LogP contribution in [0.5, 0.6) is 0 Å². The fraction of sp³-hybridized carbons (Fsp3) is 0.350. The number of para-hydroxylation sites is 1. The maximum atomic E-state index is 12.5. The normalized spacial score (nSPS) is 20.6. The fourth-order valence-corrected chi connectivity index (χ4v) is 2.97. The Morgan fingerprint density at radius 1 is 1.04 bits per heavy atom. The van der Waals surface area contributed by atoms with Gasteiger partial charge in [0.1, 0.15) is 0 Å². The number of nitrogens with one attached hydrogen (secondary N) is 3. The van der Waals surface area contributed by atoms with Gasteiger partial charge in [0.05, 0.1) is 6.04 Å². The molecule has 1 saturated heterocycles. The molecular weight excluding hydrogens is 298 g/mol. The van der Waals surface area contributed by atoms with Crippen molar-refractivity contribution in [3.63, 3.8) is 0 Å². The van der Waals surface area contributed by atoms with Gasteiger partial charge in [0.15, 0.2) is 0 Å². The monoisotopic (exact) mass is 323 g/mol. The summed E-state index contributed by atoms with van der Waals surface area (Å²) in [6.45, 7) is 4.92. The maximum Gasteiger partial charge on any atom is 0.241 e. The molecule has 24 heavy (non-hydrogen) atoms. The molecule has 1 heterocycles. The van der Waals surface area contributed by atoms with E-state index in [1.54, 1.807) is 0 Å². The first-order chi connectivity index (χ1) is 11.6. The minimum atomic E-state index is -0.205. The Hall–Kier alpha value is -2.17. The summed E-state index contributed by atoms with van der Waals surface area (Å²) in [4.78, 5) is 12.5. The number of anilines is 1. The van der Waals surface area contributed by atoms with Crippen molar-refractivity contribution >= 4 is 11.6 Å². The van der Waals surface area contributed by atoms with Crippen molar-refractivity contribution < 1.29 is 4.79 Å². The smallest absolute Gasteiger partial charge is 0.241 e. The average molecular weight is 323 g/mol. The largest absolute Gasteiger partial charge is 0.325 e. The van der Waals surface area contributed by atoms with Gasteiger partial charge in [0.2, 0.25) is 5.91 Å². The molecule has 3 atom stereocenters. The second-order valence-electron chi connectivity index (χ2n) is 6.65. The van der Waals surface area contributed by atoms with Crippen molar-refractivity contribution in [1.82, 2.24) is 10.6 Å². The highest BCUT2D eigenvalue weighted by Gasteiger charge is 2.37. The molecule has 0 radical (unpaired) electrons.